The van der Waals surface area contributed by atoms with Crippen LogP contribution in [-0.4, -0.2) is 47.9 Å². The molecule has 0 bridgehead atoms. The Bertz CT molecular complexity index is 748. The van der Waals surface area contributed by atoms with Gasteiger partial charge >= 0.3 is 0 Å². The second-order valence-corrected chi connectivity index (χ2v) is 8.35. The molecule has 0 atom stereocenters. The highest BCUT2D eigenvalue weighted by molar-refractivity contribution is 7.80. The Morgan fingerprint density at radius 1 is 0.714 bits per heavy atom. The molecule has 2 aromatic rings. The number of benzene rings is 2. The highest BCUT2D eigenvalue weighted by Crippen LogP contribution is 2.34. The van der Waals surface area contributed by atoms with Crippen molar-refractivity contribution in [2.45, 2.75) is 25.9 Å². The zero-order chi connectivity index (χ0) is 19.3. The van der Waals surface area contributed by atoms with Crippen LogP contribution in [0.4, 0.5) is 0 Å². The van der Waals surface area contributed by atoms with Gasteiger partial charge in [-0.15, -0.1) is 0 Å². The molecule has 0 fully saturated rings. The van der Waals surface area contributed by atoms with E-state index in [2.05, 4.69) is 71.5 Å². The van der Waals surface area contributed by atoms with Crippen molar-refractivity contribution in [2.75, 3.05) is 38.1 Å². The molecule has 2 aliphatic heterocycles. The molecule has 2 aliphatic rings. The topological polar surface area (TPSA) is 24.9 Å². The van der Waals surface area contributed by atoms with E-state index in [9.17, 15) is 0 Å². The molecule has 2 heterocycles. The standard InChI is InChI=1S/C22H28N2O2S2/c27-9-1-7-23-13-19-11-17(3-5-21(19)25-15-23)18-4-6-22-20(12-18)14-24(16-26-22)8-2-10-28/h3-6,11-12,27-28H,1-2,7-10,13-16H2. The average Bonchev–Trinajstić information content (AvgIpc) is 2.75. The van der Waals surface area contributed by atoms with E-state index >= 15 is 0 Å². The van der Waals surface area contributed by atoms with Crippen molar-refractivity contribution in [2.24, 2.45) is 0 Å². The van der Waals surface area contributed by atoms with Crippen LogP contribution in [0.2, 0.25) is 0 Å². The maximum Gasteiger partial charge on any atom is 0.142 e. The van der Waals surface area contributed by atoms with Gasteiger partial charge in [0.25, 0.3) is 0 Å². The molecule has 0 N–H and O–H groups in total. The summed E-state index contributed by atoms with van der Waals surface area (Å²) in [6, 6.07) is 13.1. The number of nitrogens with zero attached hydrogens (tertiary/aromatic N) is 2. The fourth-order valence-electron chi connectivity index (χ4n) is 3.82. The van der Waals surface area contributed by atoms with Gasteiger partial charge in [-0.2, -0.15) is 25.3 Å². The van der Waals surface area contributed by atoms with E-state index in [4.69, 9.17) is 9.47 Å². The minimum absolute atomic E-state index is 0.665. The summed E-state index contributed by atoms with van der Waals surface area (Å²) in [6.07, 6.45) is 2.16. The van der Waals surface area contributed by atoms with Crippen molar-refractivity contribution in [3.05, 3.63) is 47.5 Å². The van der Waals surface area contributed by atoms with Crippen LogP contribution in [0.1, 0.15) is 24.0 Å². The molecule has 150 valence electrons. The lowest BCUT2D eigenvalue weighted by molar-refractivity contribution is 0.0957. The third-order valence-electron chi connectivity index (χ3n) is 5.31. The minimum atomic E-state index is 0.665. The molecular formula is C22H28N2O2S2. The molecule has 4 nitrogen and oxygen atoms in total. The van der Waals surface area contributed by atoms with Crippen molar-refractivity contribution < 1.29 is 9.47 Å². The number of rotatable bonds is 7. The molecule has 0 saturated carbocycles. The lowest BCUT2D eigenvalue weighted by atomic mass is 9.99. The summed E-state index contributed by atoms with van der Waals surface area (Å²) >= 11 is 8.64. The molecule has 6 heteroatoms. The van der Waals surface area contributed by atoms with Crippen molar-refractivity contribution >= 4 is 25.3 Å². The second-order valence-electron chi connectivity index (χ2n) is 7.45. The van der Waals surface area contributed by atoms with Gasteiger partial charge in [0.05, 0.1) is 0 Å². The highest BCUT2D eigenvalue weighted by atomic mass is 32.1. The Balaban J connectivity index is 1.52. The fraction of sp³-hybridized carbons (Fsp3) is 0.455. The maximum absolute atomic E-state index is 5.93. The first-order valence-electron chi connectivity index (χ1n) is 9.95. The Hall–Kier alpha value is -1.34. The largest absolute Gasteiger partial charge is 0.478 e. The van der Waals surface area contributed by atoms with E-state index in [0.29, 0.717) is 13.5 Å². The molecule has 0 aliphatic carbocycles. The average molecular weight is 417 g/mol. The van der Waals surface area contributed by atoms with Crippen LogP contribution in [0, 0.1) is 0 Å². The summed E-state index contributed by atoms with van der Waals surface area (Å²) in [5.74, 6) is 3.83. The minimum Gasteiger partial charge on any atom is -0.478 e. The van der Waals surface area contributed by atoms with Crippen LogP contribution in [0.25, 0.3) is 11.1 Å². The van der Waals surface area contributed by atoms with E-state index in [-0.39, 0.29) is 0 Å². The van der Waals surface area contributed by atoms with E-state index in [1.165, 1.54) is 22.3 Å². The first kappa shape index (κ1) is 20.0. The second kappa shape index (κ2) is 9.44. The van der Waals surface area contributed by atoms with Gasteiger partial charge in [-0.1, -0.05) is 12.1 Å². The summed E-state index contributed by atoms with van der Waals surface area (Å²) in [6.45, 7) is 5.23. The lowest BCUT2D eigenvalue weighted by Gasteiger charge is -2.30. The maximum atomic E-state index is 5.93. The summed E-state index contributed by atoms with van der Waals surface area (Å²) in [5.41, 5.74) is 4.97. The van der Waals surface area contributed by atoms with Gasteiger partial charge < -0.3 is 9.47 Å². The molecule has 0 amide bonds. The molecule has 0 saturated heterocycles. The van der Waals surface area contributed by atoms with Crippen LogP contribution < -0.4 is 9.47 Å². The van der Waals surface area contributed by atoms with E-state index in [0.717, 1.165) is 62.0 Å². The zero-order valence-corrected chi connectivity index (χ0v) is 17.9. The lowest BCUT2D eigenvalue weighted by Crippen LogP contribution is -2.33. The Kier molecular flexibility index (Phi) is 6.73. The van der Waals surface area contributed by atoms with Gasteiger partial charge in [0, 0.05) is 37.3 Å². The first-order chi connectivity index (χ1) is 13.8. The van der Waals surface area contributed by atoms with Gasteiger partial charge in [0.2, 0.25) is 0 Å². The third-order valence-corrected chi connectivity index (χ3v) is 5.94. The van der Waals surface area contributed by atoms with Crippen LogP contribution in [0.15, 0.2) is 36.4 Å². The smallest absolute Gasteiger partial charge is 0.142 e. The number of hydrogen-bond donors (Lipinski definition) is 2. The van der Waals surface area contributed by atoms with Crippen LogP contribution in [-0.2, 0) is 13.1 Å². The molecule has 0 spiro atoms. The number of fused-ring (bicyclic) bond motifs is 2. The highest BCUT2D eigenvalue weighted by Gasteiger charge is 2.20. The molecule has 0 radical (unpaired) electrons. The SMILES string of the molecule is SCCCN1COc2ccc(-c3ccc4c(c3)CN(CCCS)CO4)cc2C1. The van der Waals surface area contributed by atoms with Crippen LogP contribution in [0.3, 0.4) is 0 Å². The summed E-state index contributed by atoms with van der Waals surface area (Å²) in [4.78, 5) is 4.67. The van der Waals surface area contributed by atoms with Gasteiger partial charge in [0.1, 0.15) is 25.0 Å². The van der Waals surface area contributed by atoms with Crippen molar-refractivity contribution in [3.8, 4) is 22.6 Å². The molecular weight excluding hydrogens is 388 g/mol. The first-order valence-corrected chi connectivity index (χ1v) is 11.2. The van der Waals surface area contributed by atoms with Gasteiger partial charge in [-0.05, 0) is 59.7 Å². The van der Waals surface area contributed by atoms with Crippen molar-refractivity contribution in [1.82, 2.24) is 9.80 Å². The van der Waals surface area contributed by atoms with E-state index in [1.54, 1.807) is 0 Å². The fourth-order valence-corrected chi connectivity index (χ4v) is 4.10. The monoisotopic (exact) mass is 416 g/mol. The zero-order valence-electron chi connectivity index (χ0n) is 16.1. The van der Waals surface area contributed by atoms with E-state index < -0.39 is 0 Å². The molecule has 0 unspecified atom stereocenters. The quantitative estimate of drug-likeness (QED) is 0.658. The Morgan fingerprint density at radius 3 is 1.61 bits per heavy atom. The summed E-state index contributed by atoms with van der Waals surface area (Å²) < 4.78 is 11.9. The Labute approximate surface area is 178 Å². The molecule has 28 heavy (non-hydrogen) atoms. The van der Waals surface area contributed by atoms with Crippen molar-refractivity contribution in [3.63, 3.8) is 0 Å². The molecule has 4 rings (SSSR count). The summed E-state index contributed by atoms with van der Waals surface area (Å²) in [7, 11) is 0. The predicted molar refractivity (Wildman–Crippen MR) is 121 cm³/mol. The molecule has 0 aromatic heterocycles. The summed E-state index contributed by atoms with van der Waals surface area (Å²) in [5, 5.41) is 0. The molecule has 2 aromatic carbocycles. The van der Waals surface area contributed by atoms with Gasteiger partial charge in [0.15, 0.2) is 0 Å². The van der Waals surface area contributed by atoms with E-state index in [1.807, 2.05) is 0 Å². The van der Waals surface area contributed by atoms with Crippen LogP contribution >= 0.6 is 25.3 Å². The van der Waals surface area contributed by atoms with Gasteiger partial charge in [-0.3, -0.25) is 9.80 Å². The van der Waals surface area contributed by atoms with Crippen LogP contribution in [0.5, 0.6) is 11.5 Å². The van der Waals surface area contributed by atoms with Gasteiger partial charge in [-0.25, -0.2) is 0 Å². The number of hydrogen-bond acceptors (Lipinski definition) is 6. The normalized spacial score (nSPS) is 16.8. The Morgan fingerprint density at radius 2 is 1.18 bits per heavy atom. The predicted octanol–water partition coefficient (Wildman–Crippen LogP) is 4.30. The number of ether oxygens (including phenoxy) is 2. The number of thiol groups is 2. The third kappa shape index (κ3) is 4.62. The van der Waals surface area contributed by atoms with Crippen molar-refractivity contribution in [1.29, 1.82) is 0 Å².